The fourth-order valence-corrected chi connectivity index (χ4v) is 4.03. The molecule has 0 spiro atoms. The van der Waals surface area contributed by atoms with E-state index in [1.54, 1.807) is 0 Å². The first-order chi connectivity index (χ1) is 16.2. The SMILES string of the molecule is CSNc1ccc2c(C=O)cc(-c3ccc(-c4ccc(OCCCCO)cc4)cc3)nc2c1. The van der Waals surface area contributed by atoms with Gasteiger partial charge in [-0.05, 0) is 54.3 Å². The Morgan fingerprint density at radius 2 is 1.64 bits per heavy atom. The average Bonchev–Trinajstić information content (AvgIpc) is 2.86. The van der Waals surface area contributed by atoms with Gasteiger partial charge in [0.15, 0.2) is 6.29 Å². The number of pyridine rings is 1. The highest BCUT2D eigenvalue weighted by Gasteiger charge is 2.09. The number of hydrogen-bond acceptors (Lipinski definition) is 6. The van der Waals surface area contributed by atoms with Crippen molar-refractivity contribution in [1.82, 2.24) is 4.98 Å². The van der Waals surface area contributed by atoms with E-state index in [1.165, 1.54) is 11.9 Å². The van der Waals surface area contributed by atoms with E-state index in [1.807, 2.05) is 66.9 Å². The van der Waals surface area contributed by atoms with Crippen LogP contribution >= 0.6 is 11.9 Å². The third kappa shape index (κ3) is 5.53. The average molecular weight is 459 g/mol. The zero-order valence-corrected chi connectivity index (χ0v) is 19.3. The molecule has 0 aliphatic rings. The van der Waals surface area contributed by atoms with Crippen molar-refractivity contribution in [3.8, 4) is 28.1 Å². The Morgan fingerprint density at radius 3 is 2.30 bits per heavy atom. The van der Waals surface area contributed by atoms with E-state index < -0.39 is 0 Å². The van der Waals surface area contributed by atoms with Gasteiger partial charge in [-0.1, -0.05) is 54.4 Å². The third-order valence-electron chi connectivity index (χ3n) is 5.38. The molecule has 4 rings (SSSR count). The van der Waals surface area contributed by atoms with Gasteiger partial charge < -0.3 is 14.6 Å². The van der Waals surface area contributed by atoms with Crippen LogP contribution in [0.2, 0.25) is 0 Å². The molecule has 1 heterocycles. The van der Waals surface area contributed by atoms with Crippen molar-refractivity contribution in [1.29, 1.82) is 0 Å². The van der Waals surface area contributed by atoms with Gasteiger partial charge in [0.2, 0.25) is 0 Å². The van der Waals surface area contributed by atoms with Gasteiger partial charge in [-0.3, -0.25) is 4.79 Å². The fraction of sp³-hybridized carbons (Fsp3) is 0.185. The number of anilines is 1. The molecule has 0 atom stereocenters. The summed E-state index contributed by atoms with van der Waals surface area (Å²) in [4.78, 5) is 16.5. The maximum absolute atomic E-state index is 11.7. The first kappa shape index (κ1) is 22.8. The van der Waals surface area contributed by atoms with Crippen molar-refractivity contribution in [2.75, 3.05) is 24.2 Å². The number of aldehydes is 1. The topological polar surface area (TPSA) is 71.5 Å². The second kappa shape index (κ2) is 11.0. The van der Waals surface area contributed by atoms with Gasteiger partial charge in [-0.2, -0.15) is 0 Å². The fourth-order valence-electron chi connectivity index (χ4n) is 3.66. The number of carbonyl (C=O) groups excluding carboxylic acids is 1. The van der Waals surface area contributed by atoms with Crippen molar-refractivity contribution < 1.29 is 14.6 Å². The third-order valence-corrected chi connectivity index (χ3v) is 5.82. The lowest BCUT2D eigenvalue weighted by Gasteiger charge is -2.10. The summed E-state index contributed by atoms with van der Waals surface area (Å²) in [6.45, 7) is 0.796. The van der Waals surface area contributed by atoms with Crippen molar-refractivity contribution in [3.05, 3.63) is 78.4 Å². The summed E-state index contributed by atoms with van der Waals surface area (Å²) < 4.78 is 8.91. The number of nitrogens with zero attached hydrogens (tertiary/aromatic N) is 1. The summed E-state index contributed by atoms with van der Waals surface area (Å²) in [6, 6.07) is 23.9. The second-order valence-electron chi connectivity index (χ2n) is 7.63. The number of fused-ring (bicyclic) bond motifs is 1. The lowest BCUT2D eigenvalue weighted by Crippen LogP contribution is -1.98. The molecule has 0 radical (unpaired) electrons. The van der Waals surface area contributed by atoms with Crippen molar-refractivity contribution in [2.24, 2.45) is 0 Å². The minimum Gasteiger partial charge on any atom is -0.494 e. The Morgan fingerprint density at radius 1 is 0.939 bits per heavy atom. The first-order valence-corrected chi connectivity index (χ1v) is 12.1. The molecular formula is C27H26N2O3S. The lowest BCUT2D eigenvalue weighted by atomic mass is 10.0. The van der Waals surface area contributed by atoms with Gasteiger partial charge in [0.1, 0.15) is 5.75 Å². The molecule has 5 nitrogen and oxygen atoms in total. The molecule has 0 unspecified atom stereocenters. The van der Waals surface area contributed by atoms with Crippen LogP contribution in [0.5, 0.6) is 5.75 Å². The zero-order chi connectivity index (χ0) is 23.0. The molecule has 6 heteroatoms. The standard InChI is InChI=1S/C27H26N2O3S/c1-33-29-23-10-13-25-22(18-31)16-26(28-27(25)17-23)21-6-4-19(5-7-21)20-8-11-24(12-9-20)32-15-3-2-14-30/h4-13,16-18,29-30H,2-3,14-15H2,1H3. The highest BCUT2D eigenvalue weighted by Crippen LogP contribution is 2.29. The monoisotopic (exact) mass is 458 g/mol. The molecule has 0 fully saturated rings. The predicted octanol–water partition coefficient (Wildman–Crippen LogP) is 6.22. The number of hydrogen-bond donors (Lipinski definition) is 2. The molecule has 0 bridgehead atoms. The van der Waals surface area contributed by atoms with Gasteiger partial charge in [-0.25, -0.2) is 4.98 Å². The summed E-state index contributed by atoms with van der Waals surface area (Å²) >= 11 is 1.52. The summed E-state index contributed by atoms with van der Waals surface area (Å²) in [5, 5.41) is 9.69. The van der Waals surface area contributed by atoms with Crippen molar-refractivity contribution >= 4 is 34.8 Å². The second-order valence-corrected chi connectivity index (χ2v) is 8.25. The van der Waals surface area contributed by atoms with E-state index in [4.69, 9.17) is 14.8 Å². The number of benzene rings is 3. The highest BCUT2D eigenvalue weighted by atomic mass is 32.2. The summed E-state index contributed by atoms with van der Waals surface area (Å²) in [5.74, 6) is 0.824. The summed E-state index contributed by atoms with van der Waals surface area (Å²) in [6.07, 6.45) is 4.44. The lowest BCUT2D eigenvalue weighted by molar-refractivity contribution is 0.112. The van der Waals surface area contributed by atoms with Crippen LogP contribution in [0, 0.1) is 0 Å². The van der Waals surface area contributed by atoms with Crippen LogP contribution in [0.1, 0.15) is 23.2 Å². The van der Waals surface area contributed by atoms with E-state index >= 15 is 0 Å². The maximum Gasteiger partial charge on any atom is 0.150 e. The van der Waals surface area contributed by atoms with Crippen molar-refractivity contribution in [3.63, 3.8) is 0 Å². The van der Waals surface area contributed by atoms with Gasteiger partial charge in [0.25, 0.3) is 0 Å². The number of ether oxygens (including phenoxy) is 1. The van der Waals surface area contributed by atoms with Crippen LogP contribution in [0.4, 0.5) is 5.69 Å². The van der Waals surface area contributed by atoms with E-state index in [-0.39, 0.29) is 6.61 Å². The van der Waals surface area contributed by atoms with Crippen LogP contribution in [-0.2, 0) is 0 Å². The number of nitrogens with one attached hydrogen (secondary N) is 1. The van der Waals surface area contributed by atoms with E-state index in [0.29, 0.717) is 12.2 Å². The van der Waals surface area contributed by atoms with Crippen LogP contribution in [0.15, 0.2) is 72.8 Å². The molecule has 0 aliphatic carbocycles. The molecule has 0 saturated carbocycles. The van der Waals surface area contributed by atoms with Crippen LogP contribution in [0.3, 0.4) is 0 Å². The molecule has 0 amide bonds. The van der Waals surface area contributed by atoms with Gasteiger partial charge in [-0.15, -0.1) is 0 Å². The van der Waals surface area contributed by atoms with Crippen LogP contribution < -0.4 is 9.46 Å². The minimum atomic E-state index is 0.194. The molecule has 168 valence electrons. The zero-order valence-electron chi connectivity index (χ0n) is 18.5. The number of aliphatic hydroxyl groups excluding tert-OH is 1. The molecule has 4 aromatic rings. The molecular weight excluding hydrogens is 432 g/mol. The normalized spacial score (nSPS) is 10.8. The van der Waals surface area contributed by atoms with Crippen molar-refractivity contribution in [2.45, 2.75) is 12.8 Å². The number of carbonyl (C=O) groups is 1. The van der Waals surface area contributed by atoms with E-state index in [0.717, 1.165) is 63.9 Å². The first-order valence-electron chi connectivity index (χ1n) is 10.9. The number of unbranched alkanes of at least 4 members (excludes halogenated alkanes) is 1. The van der Waals surface area contributed by atoms with Gasteiger partial charge in [0.05, 0.1) is 17.8 Å². The molecule has 3 aromatic carbocycles. The minimum absolute atomic E-state index is 0.194. The Labute approximate surface area is 198 Å². The number of rotatable bonds is 10. The van der Waals surface area contributed by atoms with E-state index in [9.17, 15) is 4.79 Å². The smallest absolute Gasteiger partial charge is 0.150 e. The molecule has 0 aliphatic heterocycles. The largest absolute Gasteiger partial charge is 0.494 e. The Hall–Kier alpha value is -3.35. The summed E-state index contributed by atoms with van der Waals surface area (Å²) in [5.41, 5.74) is 6.27. The van der Waals surface area contributed by atoms with Crippen LogP contribution in [0.25, 0.3) is 33.3 Å². The Kier molecular flexibility index (Phi) is 7.60. The highest BCUT2D eigenvalue weighted by molar-refractivity contribution is 7.99. The van der Waals surface area contributed by atoms with E-state index in [2.05, 4.69) is 16.9 Å². The molecule has 1 aromatic heterocycles. The maximum atomic E-state index is 11.7. The van der Waals surface area contributed by atoms with Gasteiger partial charge in [0, 0.05) is 35.1 Å². The number of aromatic nitrogens is 1. The molecule has 0 saturated heterocycles. The quantitative estimate of drug-likeness (QED) is 0.167. The summed E-state index contributed by atoms with van der Waals surface area (Å²) in [7, 11) is 0. The molecule has 33 heavy (non-hydrogen) atoms. The Bertz CT molecular complexity index is 1220. The number of aliphatic hydroxyl groups is 1. The predicted molar refractivity (Wildman–Crippen MR) is 137 cm³/mol. The van der Waals surface area contributed by atoms with Crippen LogP contribution in [-0.4, -0.2) is 35.8 Å². The Balaban J connectivity index is 1.55. The van der Waals surface area contributed by atoms with Gasteiger partial charge >= 0.3 is 0 Å². The molecule has 2 N–H and O–H groups in total.